The van der Waals surface area contributed by atoms with Crippen LogP contribution in [0.3, 0.4) is 0 Å². The zero-order valence-corrected chi connectivity index (χ0v) is 11.1. The fourth-order valence-corrected chi connectivity index (χ4v) is 1.78. The van der Waals surface area contributed by atoms with E-state index in [1.165, 1.54) is 12.1 Å². The summed E-state index contributed by atoms with van der Waals surface area (Å²) in [6.07, 6.45) is 1.59. The molecule has 0 N–H and O–H groups in total. The van der Waals surface area contributed by atoms with Gasteiger partial charge in [0.25, 0.3) is 0 Å². The summed E-state index contributed by atoms with van der Waals surface area (Å²) in [5, 5.41) is 0.370. The highest BCUT2D eigenvalue weighted by atomic mass is 35.5. The van der Waals surface area contributed by atoms with Crippen molar-refractivity contribution in [2.75, 3.05) is 0 Å². The highest BCUT2D eigenvalue weighted by molar-refractivity contribution is 6.32. The van der Waals surface area contributed by atoms with E-state index in [0.29, 0.717) is 22.2 Å². The minimum absolute atomic E-state index is 0.275. The highest BCUT2D eigenvalue weighted by Gasteiger charge is 2.07. The fraction of sp³-hybridized carbons (Fsp3) is 0.154. The number of halogens is 3. The molecular formula is C13H10Cl2FNO. The van der Waals surface area contributed by atoms with Gasteiger partial charge < -0.3 is 4.74 Å². The van der Waals surface area contributed by atoms with Crippen LogP contribution in [-0.2, 0) is 5.88 Å². The van der Waals surface area contributed by atoms with Gasteiger partial charge >= 0.3 is 0 Å². The van der Waals surface area contributed by atoms with Crippen molar-refractivity contribution in [3.63, 3.8) is 0 Å². The van der Waals surface area contributed by atoms with E-state index in [4.69, 9.17) is 27.9 Å². The monoisotopic (exact) mass is 285 g/mol. The molecule has 2 nitrogen and oxygen atoms in total. The lowest BCUT2D eigenvalue weighted by Crippen LogP contribution is -1.92. The number of hydrogen-bond acceptors (Lipinski definition) is 2. The molecule has 0 unspecified atom stereocenters. The molecule has 1 aromatic heterocycles. The third-order valence-electron chi connectivity index (χ3n) is 2.36. The van der Waals surface area contributed by atoms with Crippen molar-refractivity contribution >= 4 is 23.2 Å². The fourth-order valence-electron chi connectivity index (χ4n) is 1.41. The zero-order chi connectivity index (χ0) is 13.1. The van der Waals surface area contributed by atoms with Gasteiger partial charge in [0.05, 0.1) is 0 Å². The number of alkyl halides is 1. The van der Waals surface area contributed by atoms with Gasteiger partial charge in [-0.15, -0.1) is 11.6 Å². The smallest absolute Gasteiger partial charge is 0.238 e. The van der Waals surface area contributed by atoms with Crippen LogP contribution in [0.15, 0.2) is 30.5 Å². The lowest BCUT2D eigenvalue weighted by atomic mass is 10.2. The van der Waals surface area contributed by atoms with E-state index in [1.54, 1.807) is 25.3 Å². The van der Waals surface area contributed by atoms with Crippen LogP contribution in [0.5, 0.6) is 11.6 Å². The molecule has 1 heterocycles. The molecular weight excluding hydrogens is 276 g/mol. The van der Waals surface area contributed by atoms with E-state index in [-0.39, 0.29) is 11.7 Å². The molecule has 0 aliphatic rings. The van der Waals surface area contributed by atoms with E-state index in [1.807, 2.05) is 0 Å². The molecule has 0 atom stereocenters. The number of hydrogen-bond donors (Lipinski definition) is 0. The van der Waals surface area contributed by atoms with E-state index in [2.05, 4.69) is 4.98 Å². The van der Waals surface area contributed by atoms with E-state index in [0.717, 1.165) is 5.56 Å². The third kappa shape index (κ3) is 2.92. The van der Waals surface area contributed by atoms with Crippen molar-refractivity contribution in [1.29, 1.82) is 0 Å². The van der Waals surface area contributed by atoms with Crippen LogP contribution < -0.4 is 4.74 Å². The average molecular weight is 286 g/mol. The number of aromatic nitrogens is 1. The standard InChI is InChI=1S/C13H10Cl2FNO/c1-8-4-10(2-3-12(8)16)18-13-11(15)5-9(6-14)7-17-13/h2-5,7H,6H2,1H3. The summed E-state index contributed by atoms with van der Waals surface area (Å²) in [5.74, 6) is 0.820. The summed E-state index contributed by atoms with van der Waals surface area (Å²) in [7, 11) is 0. The van der Waals surface area contributed by atoms with Gasteiger partial charge in [-0.1, -0.05) is 11.6 Å². The molecule has 0 spiro atoms. The van der Waals surface area contributed by atoms with E-state index >= 15 is 0 Å². The van der Waals surface area contributed by atoms with Crippen molar-refractivity contribution in [2.24, 2.45) is 0 Å². The number of ether oxygens (including phenoxy) is 1. The molecule has 0 fully saturated rings. The maximum atomic E-state index is 13.1. The summed E-state index contributed by atoms with van der Waals surface area (Å²) in [4.78, 5) is 4.06. The molecule has 0 saturated heterocycles. The maximum Gasteiger partial charge on any atom is 0.238 e. The van der Waals surface area contributed by atoms with E-state index < -0.39 is 0 Å². The van der Waals surface area contributed by atoms with Crippen molar-refractivity contribution in [2.45, 2.75) is 12.8 Å². The Morgan fingerprint density at radius 3 is 2.72 bits per heavy atom. The first kappa shape index (κ1) is 13.1. The Balaban J connectivity index is 2.25. The van der Waals surface area contributed by atoms with E-state index in [9.17, 15) is 4.39 Å². The number of rotatable bonds is 3. The number of benzene rings is 1. The Bertz CT molecular complexity index is 575. The molecule has 0 radical (unpaired) electrons. The second-order valence-corrected chi connectivity index (χ2v) is 4.45. The second kappa shape index (κ2) is 5.55. The van der Waals surface area contributed by atoms with Crippen LogP contribution in [0.25, 0.3) is 0 Å². The lowest BCUT2D eigenvalue weighted by Gasteiger charge is -2.08. The highest BCUT2D eigenvalue weighted by Crippen LogP contribution is 2.28. The number of nitrogens with zero attached hydrogens (tertiary/aromatic N) is 1. The summed E-state index contributed by atoms with van der Waals surface area (Å²) in [6.45, 7) is 1.66. The molecule has 2 aromatic rings. The quantitative estimate of drug-likeness (QED) is 0.762. The summed E-state index contributed by atoms with van der Waals surface area (Å²) in [5.41, 5.74) is 1.31. The largest absolute Gasteiger partial charge is 0.438 e. The predicted octanol–water partition coefficient (Wildman–Crippen LogP) is 4.71. The first-order valence-corrected chi connectivity index (χ1v) is 6.16. The molecule has 2 rings (SSSR count). The van der Waals surface area contributed by atoms with Gasteiger partial charge in [0.15, 0.2) is 0 Å². The normalized spacial score (nSPS) is 10.4. The predicted molar refractivity (Wildman–Crippen MR) is 70.0 cm³/mol. The van der Waals surface area contributed by atoms with Crippen LogP contribution in [-0.4, -0.2) is 4.98 Å². The Labute approximate surface area is 114 Å². The van der Waals surface area contributed by atoms with Crippen molar-refractivity contribution in [3.05, 3.63) is 52.4 Å². The first-order chi connectivity index (χ1) is 8.60. The van der Waals surface area contributed by atoms with Crippen LogP contribution in [0.4, 0.5) is 4.39 Å². The van der Waals surface area contributed by atoms with Crippen LogP contribution >= 0.6 is 23.2 Å². The van der Waals surface area contributed by atoms with Crippen molar-refractivity contribution in [3.8, 4) is 11.6 Å². The molecule has 94 valence electrons. The molecule has 0 bridgehead atoms. The van der Waals surface area contributed by atoms with Crippen LogP contribution in [0, 0.1) is 12.7 Å². The molecule has 5 heteroatoms. The Morgan fingerprint density at radius 2 is 2.11 bits per heavy atom. The molecule has 0 aliphatic heterocycles. The van der Waals surface area contributed by atoms with Gasteiger partial charge in [-0.2, -0.15) is 0 Å². The van der Waals surface area contributed by atoms with Gasteiger partial charge in [-0.3, -0.25) is 0 Å². The van der Waals surface area contributed by atoms with Gasteiger partial charge in [0, 0.05) is 12.1 Å². The first-order valence-electron chi connectivity index (χ1n) is 5.24. The summed E-state index contributed by atoms with van der Waals surface area (Å²) >= 11 is 11.7. The maximum absolute atomic E-state index is 13.1. The number of pyridine rings is 1. The molecule has 1 aromatic carbocycles. The zero-order valence-electron chi connectivity index (χ0n) is 9.58. The van der Waals surface area contributed by atoms with Gasteiger partial charge in [-0.25, -0.2) is 9.37 Å². The average Bonchev–Trinajstić information content (AvgIpc) is 2.36. The van der Waals surface area contributed by atoms with Gasteiger partial charge in [-0.05, 0) is 42.3 Å². The second-order valence-electron chi connectivity index (χ2n) is 3.78. The Morgan fingerprint density at radius 1 is 1.33 bits per heavy atom. The molecule has 0 aliphatic carbocycles. The van der Waals surface area contributed by atoms with Crippen LogP contribution in [0.1, 0.15) is 11.1 Å². The summed E-state index contributed by atoms with van der Waals surface area (Å²) in [6, 6.07) is 6.14. The topological polar surface area (TPSA) is 22.1 Å². The third-order valence-corrected chi connectivity index (χ3v) is 2.94. The van der Waals surface area contributed by atoms with Crippen molar-refractivity contribution < 1.29 is 9.13 Å². The van der Waals surface area contributed by atoms with Gasteiger partial charge in [0.2, 0.25) is 5.88 Å². The minimum Gasteiger partial charge on any atom is -0.438 e. The summed E-state index contributed by atoms with van der Waals surface area (Å²) < 4.78 is 18.6. The SMILES string of the molecule is Cc1cc(Oc2ncc(CCl)cc2Cl)ccc1F. The molecule has 0 saturated carbocycles. The lowest BCUT2D eigenvalue weighted by molar-refractivity contribution is 0.460. The number of aryl methyl sites for hydroxylation is 1. The molecule has 18 heavy (non-hydrogen) atoms. The Hall–Kier alpha value is -1.32. The van der Waals surface area contributed by atoms with Crippen molar-refractivity contribution in [1.82, 2.24) is 4.98 Å². The molecule has 0 amide bonds. The van der Waals surface area contributed by atoms with Crippen LogP contribution in [0.2, 0.25) is 5.02 Å². The minimum atomic E-state index is -0.279. The Kier molecular flexibility index (Phi) is 4.04. The van der Waals surface area contributed by atoms with Gasteiger partial charge in [0.1, 0.15) is 16.6 Å².